The maximum Gasteiger partial charge on any atom is 0.237 e. The molecule has 1 aromatic carbocycles. The van der Waals surface area contributed by atoms with Crippen molar-refractivity contribution in [1.82, 2.24) is 10.2 Å². The number of nitrogens with one attached hydrogen (secondary N) is 1. The molecule has 0 aliphatic carbocycles. The van der Waals surface area contributed by atoms with Crippen molar-refractivity contribution in [2.75, 3.05) is 26.2 Å². The molecule has 1 aliphatic rings. The molecule has 0 unspecified atom stereocenters. The molecule has 0 radical (unpaired) electrons. The fraction of sp³-hybridized carbons (Fsp3) is 0.588. The third-order valence-electron chi connectivity index (χ3n) is 4.06. The molecule has 0 aromatic heterocycles. The van der Waals surface area contributed by atoms with E-state index in [-0.39, 0.29) is 5.91 Å². The van der Waals surface area contributed by atoms with Gasteiger partial charge in [-0.15, -0.1) is 0 Å². The fourth-order valence-corrected chi connectivity index (χ4v) is 2.79. The van der Waals surface area contributed by atoms with E-state index in [1.54, 1.807) is 0 Å². The molecule has 0 bridgehead atoms. The highest BCUT2D eigenvalue weighted by molar-refractivity contribution is 5.81. The zero-order valence-electron chi connectivity index (χ0n) is 12.8. The highest BCUT2D eigenvalue weighted by Gasteiger charge is 2.14. The second kappa shape index (κ2) is 8.80. The van der Waals surface area contributed by atoms with Crippen molar-refractivity contribution < 1.29 is 4.79 Å². The fourth-order valence-electron chi connectivity index (χ4n) is 2.79. The molecule has 1 atom stereocenters. The third kappa shape index (κ3) is 5.86. The van der Waals surface area contributed by atoms with Crippen LogP contribution in [0.3, 0.4) is 0 Å². The molecule has 1 saturated heterocycles. The molecule has 4 heteroatoms. The largest absolute Gasteiger partial charge is 0.353 e. The summed E-state index contributed by atoms with van der Waals surface area (Å²) in [5.74, 6) is -0.0475. The molecule has 1 aromatic rings. The second-order valence-corrected chi connectivity index (χ2v) is 5.84. The highest BCUT2D eigenvalue weighted by Crippen LogP contribution is 2.08. The van der Waals surface area contributed by atoms with Gasteiger partial charge in [0.25, 0.3) is 0 Å². The zero-order chi connectivity index (χ0) is 14.9. The first-order valence-corrected chi connectivity index (χ1v) is 8.05. The van der Waals surface area contributed by atoms with E-state index in [4.69, 9.17) is 5.73 Å². The van der Waals surface area contributed by atoms with Crippen molar-refractivity contribution in [3.05, 3.63) is 35.9 Å². The van der Waals surface area contributed by atoms with Gasteiger partial charge in [0.1, 0.15) is 0 Å². The Hall–Kier alpha value is -1.39. The molecule has 1 aliphatic heterocycles. The van der Waals surface area contributed by atoms with Gasteiger partial charge in [-0.05, 0) is 37.9 Å². The summed E-state index contributed by atoms with van der Waals surface area (Å²) in [4.78, 5) is 14.4. The smallest absolute Gasteiger partial charge is 0.237 e. The van der Waals surface area contributed by atoms with E-state index in [0.29, 0.717) is 13.0 Å². The van der Waals surface area contributed by atoms with E-state index in [1.165, 1.54) is 25.7 Å². The summed E-state index contributed by atoms with van der Waals surface area (Å²) in [6, 6.07) is 9.46. The Labute approximate surface area is 127 Å². The lowest BCUT2D eigenvalue weighted by atomic mass is 10.1. The van der Waals surface area contributed by atoms with Gasteiger partial charge in [0.2, 0.25) is 5.91 Å². The third-order valence-corrected chi connectivity index (χ3v) is 4.06. The molecule has 3 N–H and O–H groups in total. The number of amides is 1. The summed E-state index contributed by atoms with van der Waals surface area (Å²) in [5.41, 5.74) is 7.07. The summed E-state index contributed by atoms with van der Waals surface area (Å²) in [7, 11) is 0. The van der Waals surface area contributed by atoms with Crippen LogP contribution in [-0.4, -0.2) is 43.0 Å². The van der Waals surface area contributed by atoms with Gasteiger partial charge < -0.3 is 16.0 Å². The number of nitrogens with two attached hydrogens (primary N) is 1. The summed E-state index contributed by atoms with van der Waals surface area (Å²) < 4.78 is 0. The minimum atomic E-state index is -0.462. The first kappa shape index (κ1) is 16.0. The summed E-state index contributed by atoms with van der Waals surface area (Å²) in [5, 5.41) is 2.96. The Morgan fingerprint density at radius 1 is 1.14 bits per heavy atom. The molecule has 1 amide bonds. The molecule has 1 heterocycles. The average molecular weight is 289 g/mol. The predicted molar refractivity (Wildman–Crippen MR) is 86.0 cm³/mol. The van der Waals surface area contributed by atoms with Crippen molar-refractivity contribution in [2.45, 2.75) is 38.1 Å². The molecule has 116 valence electrons. The maximum absolute atomic E-state index is 12.0. The summed E-state index contributed by atoms with van der Waals surface area (Å²) in [6.07, 6.45) is 5.83. The summed E-state index contributed by atoms with van der Waals surface area (Å²) in [6.45, 7) is 3.95. The minimum absolute atomic E-state index is 0.0475. The van der Waals surface area contributed by atoms with Crippen molar-refractivity contribution in [3.63, 3.8) is 0 Å². The molecule has 4 nitrogen and oxygen atoms in total. The number of benzene rings is 1. The minimum Gasteiger partial charge on any atom is -0.353 e. The highest BCUT2D eigenvalue weighted by atomic mass is 16.2. The quantitative estimate of drug-likeness (QED) is 0.835. The van der Waals surface area contributed by atoms with Crippen LogP contribution < -0.4 is 11.1 Å². The van der Waals surface area contributed by atoms with E-state index in [0.717, 1.165) is 25.2 Å². The average Bonchev–Trinajstić information content (AvgIpc) is 2.77. The van der Waals surface area contributed by atoms with Crippen LogP contribution in [0.4, 0.5) is 0 Å². The Balaban J connectivity index is 1.66. The first-order chi connectivity index (χ1) is 10.3. The molecular formula is C17H27N3O. The molecular weight excluding hydrogens is 262 g/mol. The van der Waals surface area contributed by atoms with Crippen LogP contribution in [0.5, 0.6) is 0 Å². The molecule has 0 saturated carbocycles. The van der Waals surface area contributed by atoms with Crippen LogP contribution in [0.1, 0.15) is 31.2 Å². The first-order valence-electron chi connectivity index (χ1n) is 8.05. The van der Waals surface area contributed by atoms with Crippen LogP contribution in [0.15, 0.2) is 30.3 Å². The van der Waals surface area contributed by atoms with Gasteiger partial charge in [-0.25, -0.2) is 0 Å². The second-order valence-electron chi connectivity index (χ2n) is 5.84. The number of hydrogen-bond acceptors (Lipinski definition) is 3. The number of rotatable bonds is 6. The monoisotopic (exact) mass is 289 g/mol. The van der Waals surface area contributed by atoms with Gasteiger partial charge in [0.05, 0.1) is 6.04 Å². The van der Waals surface area contributed by atoms with E-state index >= 15 is 0 Å². The van der Waals surface area contributed by atoms with Crippen LogP contribution >= 0.6 is 0 Å². The van der Waals surface area contributed by atoms with Gasteiger partial charge in [-0.1, -0.05) is 43.2 Å². The lowest BCUT2D eigenvalue weighted by molar-refractivity contribution is -0.122. The Kier molecular flexibility index (Phi) is 6.70. The lowest BCUT2D eigenvalue weighted by Crippen LogP contribution is -2.44. The van der Waals surface area contributed by atoms with E-state index in [1.807, 2.05) is 30.3 Å². The number of carbonyl (C=O) groups excluding carboxylic acids is 1. The van der Waals surface area contributed by atoms with Crippen molar-refractivity contribution in [2.24, 2.45) is 5.73 Å². The number of hydrogen-bond donors (Lipinski definition) is 2. The van der Waals surface area contributed by atoms with Crippen LogP contribution in [0.25, 0.3) is 0 Å². The molecule has 0 spiro atoms. The Morgan fingerprint density at radius 3 is 2.48 bits per heavy atom. The zero-order valence-corrected chi connectivity index (χ0v) is 12.8. The topological polar surface area (TPSA) is 58.4 Å². The predicted octanol–water partition coefficient (Wildman–Crippen LogP) is 1.55. The molecule has 2 rings (SSSR count). The van der Waals surface area contributed by atoms with Crippen LogP contribution in [-0.2, 0) is 11.2 Å². The van der Waals surface area contributed by atoms with E-state index in [2.05, 4.69) is 10.2 Å². The van der Waals surface area contributed by atoms with E-state index in [9.17, 15) is 4.79 Å². The number of carbonyl (C=O) groups is 1. The van der Waals surface area contributed by atoms with E-state index < -0.39 is 6.04 Å². The van der Waals surface area contributed by atoms with Gasteiger partial charge >= 0.3 is 0 Å². The number of likely N-dealkylation sites (tertiary alicyclic amines) is 1. The van der Waals surface area contributed by atoms with Crippen LogP contribution in [0.2, 0.25) is 0 Å². The van der Waals surface area contributed by atoms with Gasteiger partial charge in [-0.3, -0.25) is 4.79 Å². The van der Waals surface area contributed by atoms with Crippen molar-refractivity contribution in [1.29, 1.82) is 0 Å². The Bertz CT molecular complexity index is 413. The lowest BCUT2D eigenvalue weighted by Gasteiger charge is -2.20. The van der Waals surface area contributed by atoms with Crippen molar-refractivity contribution in [3.8, 4) is 0 Å². The molecule has 21 heavy (non-hydrogen) atoms. The van der Waals surface area contributed by atoms with Crippen LogP contribution in [0, 0.1) is 0 Å². The van der Waals surface area contributed by atoms with Crippen molar-refractivity contribution >= 4 is 5.91 Å². The Morgan fingerprint density at radius 2 is 1.81 bits per heavy atom. The van der Waals surface area contributed by atoms with Gasteiger partial charge in [0.15, 0.2) is 0 Å². The molecule has 1 fully saturated rings. The maximum atomic E-state index is 12.0. The van der Waals surface area contributed by atoms with Gasteiger partial charge in [-0.2, -0.15) is 0 Å². The standard InChI is InChI=1S/C17H27N3O/c18-16(14-15-8-4-3-5-9-15)17(21)19-10-13-20-11-6-1-2-7-12-20/h3-5,8-9,16H,1-2,6-7,10-14,18H2,(H,19,21)/t16-/m0/s1. The van der Waals surface area contributed by atoms with Gasteiger partial charge in [0, 0.05) is 13.1 Å². The number of nitrogens with zero attached hydrogens (tertiary/aromatic N) is 1. The SMILES string of the molecule is N[C@@H](Cc1ccccc1)C(=O)NCCN1CCCCCC1. The normalized spacial score (nSPS) is 18.0. The summed E-state index contributed by atoms with van der Waals surface area (Å²) >= 11 is 0.